The number of aromatic nitrogens is 1. The lowest BCUT2D eigenvalue weighted by atomic mass is 9.98. The molecule has 0 radical (unpaired) electrons. The summed E-state index contributed by atoms with van der Waals surface area (Å²) < 4.78 is 60.0. The zero-order valence-corrected chi connectivity index (χ0v) is 13.6. The van der Waals surface area contributed by atoms with Crippen LogP contribution in [-0.4, -0.2) is 12.1 Å². The first-order valence-corrected chi connectivity index (χ1v) is 7.66. The molecule has 0 bridgehead atoms. The Hall–Kier alpha value is -3.09. The lowest BCUT2D eigenvalue weighted by Crippen LogP contribution is -2.16. The van der Waals surface area contributed by atoms with Crippen molar-refractivity contribution in [2.75, 3.05) is 12.4 Å². The van der Waals surface area contributed by atoms with Crippen molar-refractivity contribution in [2.45, 2.75) is 6.04 Å². The van der Waals surface area contributed by atoms with E-state index in [-0.39, 0.29) is 0 Å². The summed E-state index contributed by atoms with van der Waals surface area (Å²) >= 11 is 0. The van der Waals surface area contributed by atoms with Crippen molar-refractivity contribution in [3.63, 3.8) is 0 Å². The molecule has 0 amide bonds. The van der Waals surface area contributed by atoms with Crippen LogP contribution in [0, 0.1) is 23.5 Å². The van der Waals surface area contributed by atoms with Crippen LogP contribution >= 0.6 is 0 Å². The highest BCUT2D eigenvalue weighted by Gasteiger charge is 2.24. The summed E-state index contributed by atoms with van der Waals surface area (Å²) in [4.78, 5) is 2.57. The van der Waals surface area contributed by atoms with Crippen molar-refractivity contribution in [1.29, 1.82) is 0 Å². The molecule has 1 aromatic heterocycles. The standard InChI is InChI=1S/C19H14F4N2O/c1-26-13-9-7-12(8-10-13)16(11-5-3-2-4-6-11)24-17-14(20)18(22)25-19(23)15(17)21/h2-10,16H,1H3,(H,24,25). The van der Waals surface area contributed by atoms with Gasteiger partial charge in [0.05, 0.1) is 13.2 Å². The van der Waals surface area contributed by atoms with Crippen LogP contribution in [0.4, 0.5) is 23.2 Å². The van der Waals surface area contributed by atoms with Crippen LogP contribution in [0.3, 0.4) is 0 Å². The molecule has 1 atom stereocenters. The Labute approximate surface area is 147 Å². The minimum absolute atomic E-state index is 0.596. The fourth-order valence-electron chi connectivity index (χ4n) is 2.56. The van der Waals surface area contributed by atoms with Gasteiger partial charge in [0.15, 0.2) is 0 Å². The third-order valence-corrected chi connectivity index (χ3v) is 3.87. The molecule has 1 heterocycles. The van der Waals surface area contributed by atoms with E-state index in [2.05, 4.69) is 10.3 Å². The minimum Gasteiger partial charge on any atom is -0.497 e. The van der Waals surface area contributed by atoms with Crippen LogP contribution in [0.2, 0.25) is 0 Å². The monoisotopic (exact) mass is 362 g/mol. The van der Waals surface area contributed by atoms with Crippen molar-refractivity contribution in [1.82, 2.24) is 4.98 Å². The molecule has 2 aromatic carbocycles. The number of hydrogen-bond acceptors (Lipinski definition) is 3. The third-order valence-electron chi connectivity index (χ3n) is 3.87. The number of benzene rings is 2. The van der Waals surface area contributed by atoms with Crippen molar-refractivity contribution < 1.29 is 22.3 Å². The number of anilines is 1. The molecule has 0 spiro atoms. The maximum Gasteiger partial charge on any atom is 0.253 e. The van der Waals surface area contributed by atoms with Crippen LogP contribution in [0.15, 0.2) is 54.6 Å². The molecule has 0 saturated heterocycles. The average molecular weight is 362 g/mol. The van der Waals surface area contributed by atoms with Gasteiger partial charge in [-0.05, 0) is 23.3 Å². The second-order valence-corrected chi connectivity index (χ2v) is 5.46. The minimum atomic E-state index is -1.71. The zero-order chi connectivity index (χ0) is 18.7. The first-order chi connectivity index (χ1) is 12.5. The molecule has 3 aromatic rings. The second kappa shape index (κ2) is 7.43. The van der Waals surface area contributed by atoms with Crippen LogP contribution in [0.1, 0.15) is 17.2 Å². The van der Waals surface area contributed by atoms with E-state index in [0.29, 0.717) is 16.9 Å². The highest BCUT2D eigenvalue weighted by atomic mass is 19.2. The Bertz CT molecular complexity index is 875. The number of nitrogens with one attached hydrogen (secondary N) is 1. The number of ether oxygens (including phenoxy) is 1. The van der Waals surface area contributed by atoms with Crippen molar-refractivity contribution in [2.24, 2.45) is 0 Å². The summed E-state index contributed by atoms with van der Waals surface area (Å²) in [6.45, 7) is 0. The molecular formula is C19H14F4N2O. The predicted molar refractivity (Wildman–Crippen MR) is 89.0 cm³/mol. The van der Waals surface area contributed by atoms with Crippen LogP contribution < -0.4 is 10.1 Å². The van der Waals surface area contributed by atoms with Crippen LogP contribution in [0.5, 0.6) is 5.75 Å². The molecule has 0 aliphatic carbocycles. The Kier molecular flexibility index (Phi) is 5.06. The molecule has 3 nitrogen and oxygen atoms in total. The lowest BCUT2D eigenvalue weighted by molar-refractivity contribution is 0.410. The molecule has 3 rings (SSSR count). The van der Waals surface area contributed by atoms with Gasteiger partial charge in [0.2, 0.25) is 11.6 Å². The smallest absolute Gasteiger partial charge is 0.253 e. The van der Waals surface area contributed by atoms with Gasteiger partial charge in [-0.1, -0.05) is 42.5 Å². The van der Waals surface area contributed by atoms with Gasteiger partial charge in [-0.25, -0.2) is 0 Å². The van der Waals surface area contributed by atoms with Crippen molar-refractivity contribution in [3.8, 4) is 5.75 Å². The van der Waals surface area contributed by atoms with Gasteiger partial charge < -0.3 is 10.1 Å². The third kappa shape index (κ3) is 3.46. The van der Waals surface area contributed by atoms with E-state index < -0.39 is 35.3 Å². The second-order valence-electron chi connectivity index (χ2n) is 5.46. The van der Waals surface area contributed by atoms with E-state index in [1.54, 1.807) is 54.6 Å². The predicted octanol–water partition coefficient (Wildman–Crippen LogP) is 4.85. The van der Waals surface area contributed by atoms with Gasteiger partial charge in [-0.2, -0.15) is 22.5 Å². The van der Waals surface area contributed by atoms with Gasteiger partial charge in [0.25, 0.3) is 11.9 Å². The van der Waals surface area contributed by atoms with Gasteiger partial charge >= 0.3 is 0 Å². The number of rotatable bonds is 5. The highest BCUT2D eigenvalue weighted by molar-refractivity contribution is 5.51. The summed E-state index contributed by atoms with van der Waals surface area (Å²) in [5.74, 6) is -6.00. The fourth-order valence-corrected chi connectivity index (χ4v) is 2.56. The molecule has 134 valence electrons. The summed E-state index contributed by atoms with van der Waals surface area (Å²) in [5, 5.41) is 2.56. The Morgan fingerprint density at radius 1 is 0.808 bits per heavy atom. The molecule has 1 unspecified atom stereocenters. The summed E-state index contributed by atoms with van der Waals surface area (Å²) in [7, 11) is 1.51. The number of methoxy groups -OCH3 is 1. The van der Waals surface area contributed by atoms with Gasteiger partial charge in [-0.3, -0.25) is 0 Å². The fraction of sp³-hybridized carbons (Fsp3) is 0.105. The Morgan fingerprint density at radius 3 is 1.88 bits per heavy atom. The molecule has 0 saturated carbocycles. The van der Waals surface area contributed by atoms with Crippen molar-refractivity contribution >= 4 is 5.69 Å². The van der Waals surface area contributed by atoms with Crippen LogP contribution in [0.25, 0.3) is 0 Å². The van der Waals surface area contributed by atoms with E-state index in [1.807, 2.05) is 0 Å². The number of hydrogen-bond donors (Lipinski definition) is 1. The number of nitrogens with zero attached hydrogens (tertiary/aromatic N) is 1. The molecule has 1 N–H and O–H groups in total. The zero-order valence-electron chi connectivity index (χ0n) is 13.6. The number of halogens is 4. The molecule has 0 aliphatic rings. The summed E-state index contributed by atoms with van der Waals surface area (Å²) in [5.41, 5.74) is 0.349. The van der Waals surface area contributed by atoms with E-state index in [1.165, 1.54) is 7.11 Å². The largest absolute Gasteiger partial charge is 0.497 e. The van der Waals surface area contributed by atoms with Crippen molar-refractivity contribution in [3.05, 3.63) is 89.3 Å². The lowest BCUT2D eigenvalue weighted by Gasteiger charge is -2.22. The maximum atomic E-state index is 14.0. The van der Waals surface area contributed by atoms with Gasteiger partial charge in [0.1, 0.15) is 11.4 Å². The quantitative estimate of drug-likeness (QED) is 0.521. The normalized spacial score (nSPS) is 11.9. The summed E-state index contributed by atoms with van der Waals surface area (Å²) in [6.07, 6.45) is 0. The van der Waals surface area contributed by atoms with E-state index in [9.17, 15) is 17.6 Å². The molecule has 7 heteroatoms. The maximum absolute atomic E-state index is 14.0. The highest BCUT2D eigenvalue weighted by Crippen LogP contribution is 2.31. The first kappa shape index (κ1) is 17.7. The topological polar surface area (TPSA) is 34.1 Å². The average Bonchev–Trinajstić information content (AvgIpc) is 2.67. The SMILES string of the molecule is COc1ccc(C(Nc2c(F)c(F)nc(F)c2F)c2ccccc2)cc1. The van der Waals surface area contributed by atoms with Gasteiger partial charge in [0, 0.05) is 0 Å². The number of pyridine rings is 1. The Balaban J connectivity index is 2.08. The molecular weight excluding hydrogens is 348 g/mol. The van der Waals surface area contributed by atoms with Crippen LogP contribution in [-0.2, 0) is 0 Å². The van der Waals surface area contributed by atoms with E-state index >= 15 is 0 Å². The molecule has 26 heavy (non-hydrogen) atoms. The first-order valence-electron chi connectivity index (χ1n) is 7.66. The molecule has 0 aliphatic heterocycles. The molecule has 0 fully saturated rings. The van der Waals surface area contributed by atoms with Gasteiger partial charge in [-0.15, -0.1) is 0 Å². The Morgan fingerprint density at radius 2 is 1.35 bits per heavy atom. The van der Waals surface area contributed by atoms with E-state index in [0.717, 1.165) is 0 Å². The summed E-state index contributed by atoms with van der Waals surface area (Å²) in [6, 6.07) is 14.7. The van der Waals surface area contributed by atoms with E-state index in [4.69, 9.17) is 4.74 Å².